The summed E-state index contributed by atoms with van der Waals surface area (Å²) in [5.74, 6) is 0. The van der Waals surface area contributed by atoms with Crippen LogP contribution in [0.3, 0.4) is 0 Å². The number of aliphatic hydroxyl groups excluding tert-OH is 1. The molecule has 0 fully saturated rings. The summed E-state index contributed by atoms with van der Waals surface area (Å²) in [5.41, 5.74) is 7.93. The van der Waals surface area contributed by atoms with Gasteiger partial charge in [-0.25, -0.2) is 0 Å². The van der Waals surface area contributed by atoms with Crippen LogP contribution in [0.15, 0.2) is 59.2 Å². The zero-order valence-corrected chi connectivity index (χ0v) is 11.2. The fourth-order valence-corrected chi connectivity index (χ4v) is 3.00. The van der Waals surface area contributed by atoms with E-state index in [1.807, 2.05) is 0 Å². The molecule has 2 aliphatic carbocycles. The number of hydrogen-bond acceptors (Lipinski definition) is 1. The second-order valence-electron chi connectivity index (χ2n) is 4.93. The van der Waals surface area contributed by atoms with E-state index in [0.717, 1.165) is 12.8 Å². The highest BCUT2D eigenvalue weighted by Gasteiger charge is 2.23. The van der Waals surface area contributed by atoms with E-state index in [1.54, 1.807) is 0 Å². The first-order valence-electron chi connectivity index (χ1n) is 6.82. The topological polar surface area (TPSA) is 20.2 Å². The fraction of sp³-hybridized carbons (Fsp3) is 0.222. The molecule has 0 spiro atoms. The van der Waals surface area contributed by atoms with Crippen molar-refractivity contribution in [3.05, 3.63) is 70.3 Å². The SMILES string of the molecule is CC=C1C(C2=C(CCO)C=CC2)=Cc2ccccc21. The lowest BCUT2D eigenvalue weighted by Crippen LogP contribution is -1.93. The third kappa shape index (κ3) is 2.00. The van der Waals surface area contributed by atoms with Crippen molar-refractivity contribution in [1.82, 2.24) is 0 Å². The quantitative estimate of drug-likeness (QED) is 0.855. The van der Waals surface area contributed by atoms with Crippen molar-refractivity contribution < 1.29 is 5.11 Å². The molecule has 0 saturated carbocycles. The summed E-state index contributed by atoms with van der Waals surface area (Å²) in [4.78, 5) is 0. The lowest BCUT2D eigenvalue weighted by molar-refractivity contribution is 0.300. The van der Waals surface area contributed by atoms with Crippen LogP contribution in [0.5, 0.6) is 0 Å². The van der Waals surface area contributed by atoms with E-state index < -0.39 is 0 Å². The van der Waals surface area contributed by atoms with E-state index in [4.69, 9.17) is 0 Å². The van der Waals surface area contributed by atoms with Gasteiger partial charge in [0.05, 0.1) is 0 Å². The van der Waals surface area contributed by atoms with E-state index in [0.29, 0.717) is 0 Å². The first kappa shape index (κ1) is 12.2. The van der Waals surface area contributed by atoms with Gasteiger partial charge in [-0.15, -0.1) is 0 Å². The molecular weight excluding hydrogens is 232 g/mol. The molecule has 1 heteroatoms. The van der Waals surface area contributed by atoms with Crippen LogP contribution in [-0.4, -0.2) is 11.7 Å². The third-order valence-corrected chi connectivity index (χ3v) is 3.86. The van der Waals surface area contributed by atoms with Crippen molar-refractivity contribution in [2.45, 2.75) is 19.8 Å². The van der Waals surface area contributed by atoms with Crippen molar-refractivity contribution in [3.63, 3.8) is 0 Å². The first-order valence-corrected chi connectivity index (χ1v) is 6.82. The summed E-state index contributed by atoms with van der Waals surface area (Å²) >= 11 is 0. The van der Waals surface area contributed by atoms with Gasteiger partial charge in [0.1, 0.15) is 0 Å². The fourth-order valence-electron chi connectivity index (χ4n) is 3.00. The Bertz CT molecular complexity index is 627. The van der Waals surface area contributed by atoms with Crippen LogP contribution in [0, 0.1) is 0 Å². The van der Waals surface area contributed by atoms with E-state index in [9.17, 15) is 5.11 Å². The third-order valence-electron chi connectivity index (χ3n) is 3.86. The zero-order chi connectivity index (χ0) is 13.2. The standard InChI is InChI=1S/C18H18O/c1-2-15-17-8-4-3-6-14(17)12-18(15)16-9-5-7-13(16)10-11-19/h2-8,12,19H,9-11H2,1H3. The smallest absolute Gasteiger partial charge is 0.0471 e. The van der Waals surface area contributed by atoms with Crippen LogP contribution in [-0.2, 0) is 0 Å². The molecule has 0 radical (unpaired) electrons. The number of allylic oxidation sites excluding steroid dienone is 6. The minimum atomic E-state index is 0.217. The van der Waals surface area contributed by atoms with Gasteiger partial charge in [0.2, 0.25) is 0 Å². The summed E-state index contributed by atoms with van der Waals surface area (Å²) in [6.07, 6.45) is 10.5. The van der Waals surface area contributed by atoms with E-state index in [1.165, 1.54) is 33.4 Å². The maximum atomic E-state index is 9.18. The van der Waals surface area contributed by atoms with Crippen molar-refractivity contribution in [3.8, 4) is 0 Å². The summed E-state index contributed by atoms with van der Waals surface area (Å²) < 4.78 is 0. The van der Waals surface area contributed by atoms with Gasteiger partial charge in [-0.05, 0) is 59.3 Å². The summed E-state index contributed by atoms with van der Waals surface area (Å²) in [6, 6.07) is 8.53. The molecule has 1 nitrogen and oxygen atoms in total. The molecule has 0 bridgehead atoms. The maximum Gasteiger partial charge on any atom is 0.0471 e. The van der Waals surface area contributed by atoms with Crippen molar-refractivity contribution in [2.75, 3.05) is 6.61 Å². The van der Waals surface area contributed by atoms with Gasteiger partial charge in [0, 0.05) is 6.61 Å². The van der Waals surface area contributed by atoms with E-state index in [-0.39, 0.29) is 6.61 Å². The second-order valence-corrected chi connectivity index (χ2v) is 4.93. The molecule has 0 atom stereocenters. The Labute approximate surface area is 114 Å². The summed E-state index contributed by atoms with van der Waals surface area (Å²) in [5, 5.41) is 9.18. The Balaban J connectivity index is 2.06. The molecule has 3 rings (SSSR count). The molecule has 96 valence electrons. The molecule has 0 unspecified atom stereocenters. The van der Waals surface area contributed by atoms with Gasteiger partial charge in [0.15, 0.2) is 0 Å². The van der Waals surface area contributed by atoms with Crippen molar-refractivity contribution >= 4 is 11.6 Å². The van der Waals surface area contributed by atoms with Gasteiger partial charge >= 0.3 is 0 Å². The minimum Gasteiger partial charge on any atom is -0.396 e. The lowest BCUT2D eigenvalue weighted by Gasteiger charge is -2.11. The average molecular weight is 250 g/mol. The van der Waals surface area contributed by atoms with E-state index >= 15 is 0 Å². The average Bonchev–Trinajstić information content (AvgIpc) is 3.02. The van der Waals surface area contributed by atoms with Crippen LogP contribution >= 0.6 is 0 Å². The summed E-state index contributed by atoms with van der Waals surface area (Å²) in [6.45, 7) is 2.31. The monoisotopic (exact) mass is 250 g/mol. The maximum absolute atomic E-state index is 9.18. The van der Waals surface area contributed by atoms with Gasteiger partial charge in [-0.1, -0.05) is 42.5 Å². The number of benzene rings is 1. The molecule has 19 heavy (non-hydrogen) atoms. The van der Waals surface area contributed by atoms with Gasteiger partial charge < -0.3 is 5.11 Å². The Morgan fingerprint density at radius 1 is 1.26 bits per heavy atom. The molecule has 1 aromatic rings. The highest BCUT2D eigenvalue weighted by Crippen LogP contribution is 2.42. The van der Waals surface area contributed by atoms with Crippen LogP contribution < -0.4 is 0 Å². The predicted molar refractivity (Wildman–Crippen MR) is 80.6 cm³/mol. The zero-order valence-electron chi connectivity index (χ0n) is 11.2. The van der Waals surface area contributed by atoms with Gasteiger partial charge in [-0.3, -0.25) is 0 Å². The largest absolute Gasteiger partial charge is 0.396 e. The molecule has 0 amide bonds. The lowest BCUT2D eigenvalue weighted by atomic mass is 9.93. The van der Waals surface area contributed by atoms with Gasteiger partial charge in [-0.2, -0.15) is 0 Å². The molecule has 0 aliphatic heterocycles. The Kier molecular flexibility index (Phi) is 3.22. The van der Waals surface area contributed by atoms with Crippen LogP contribution in [0.1, 0.15) is 30.9 Å². The highest BCUT2D eigenvalue weighted by molar-refractivity contribution is 5.98. The second kappa shape index (κ2) is 5.02. The van der Waals surface area contributed by atoms with Crippen LogP contribution in [0.4, 0.5) is 0 Å². The van der Waals surface area contributed by atoms with Crippen molar-refractivity contribution in [2.24, 2.45) is 0 Å². The number of fused-ring (bicyclic) bond motifs is 1. The number of rotatable bonds is 3. The Morgan fingerprint density at radius 2 is 2.11 bits per heavy atom. The molecule has 0 saturated heterocycles. The first-order chi connectivity index (χ1) is 9.35. The van der Waals surface area contributed by atoms with Crippen molar-refractivity contribution in [1.29, 1.82) is 0 Å². The minimum absolute atomic E-state index is 0.217. The summed E-state index contributed by atoms with van der Waals surface area (Å²) in [7, 11) is 0. The molecule has 0 aromatic heterocycles. The molecular formula is C18H18O. The Morgan fingerprint density at radius 3 is 2.89 bits per heavy atom. The van der Waals surface area contributed by atoms with E-state index in [2.05, 4.69) is 55.5 Å². The number of aliphatic hydroxyl groups is 1. The van der Waals surface area contributed by atoms with Gasteiger partial charge in [0.25, 0.3) is 0 Å². The predicted octanol–water partition coefficient (Wildman–Crippen LogP) is 4.13. The van der Waals surface area contributed by atoms with Crippen LogP contribution in [0.2, 0.25) is 0 Å². The Hall–Kier alpha value is -1.86. The normalized spacial score (nSPS) is 19.3. The number of hydrogen-bond donors (Lipinski definition) is 1. The molecule has 1 aromatic carbocycles. The van der Waals surface area contributed by atoms with Crippen LogP contribution in [0.25, 0.3) is 11.6 Å². The molecule has 2 aliphatic rings. The highest BCUT2D eigenvalue weighted by atomic mass is 16.2. The molecule has 0 heterocycles. The molecule has 1 N–H and O–H groups in total.